The molecule has 0 atom stereocenters. The zero-order valence-electron chi connectivity index (χ0n) is 13.8. The lowest BCUT2D eigenvalue weighted by molar-refractivity contribution is -0.115. The van der Waals surface area contributed by atoms with Crippen molar-refractivity contribution < 1.29 is 13.6 Å². The van der Waals surface area contributed by atoms with Gasteiger partial charge in [0.1, 0.15) is 11.6 Å². The average molecular weight is 435 g/mol. The largest absolute Gasteiger partial charge is 0.300 e. The summed E-state index contributed by atoms with van der Waals surface area (Å²) in [6.07, 6.45) is 1.57. The van der Waals surface area contributed by atoms with Crippen LogP contribution in [0.25, 0.3) is 16.6 Å². The van der Waals surface area contributed by atoms with Gasteiger partial charge < -0.3 is 5.32 Å². The smallest absolute Gasteiger partial charge is 0.264 e. The van der Waals surface area contributed by atoms with Crippen LogP contribution in [0, 0.1) is 11.6 Å². The van der Waals surface area contributed by atoms with E-state index in [1.54, 1.807) is 24.3 Å². The maximum Gasteiger partial charge on any atom is 0.264 e. The van der Waals surface area contributed by atoms with Crippen LogP contribution in [0.5, 0.6) is 0 Å². The third-order valence-corrected chi connectivity index (χ3v) is 5.64. The number of carbonyl (C=O) groups excluding carboxylic acids is 1. The number of thioether (sulfide) groups is 1. The standard InChI is InChI=1S/C18H9ClF2N4OS2/c19-11-5-2-6-12(21)14(11)16-24-25-18(28-16)23-17-22-15(26)13(27-17)8-9-3-1-4-10(20)7-9/h1-8H,(H,22,23,25,26). The minimum atomic E-state index is -0.508. The third-order valence-electron chi connectivity index (χ3n) is 3.59. The highest BCUT2D eigenvalue weighted by atomic mass is 35.5. The van der Waals surface area contributed by atoms with Gasteiger partial charge in [0.15, 0.2) is 10.2 Å². The van der Waals surface area contributed by atoms with Crippen molar-refractivity contribution in [2.75, 3.05) is 0 Å². The van der Waals surface area contributed by atoms with Crippen LogP contribution in [-0.2, 0) is 4.79 Å². The highest BCUT2D eigenvalue weighted by Crippen LogP contribution is 2.36. The minimum absolute atomic E-state index is 0.155. The molecule has 0 spiro atoms. The Hall–Kier alpha value is -2.62. The molecule has 1 N–H and O–H groups in total. The fourth-order valence-corrected chi connectivity index (χ4v) is 4.35. The number of amides is 1. The van der Waals surface area contributed by atoms with E-state index in [1.807, 2.05) is 0 Å². The Balaban J connectivity index is 1.58. The third kappa shape index (κ3) is 3.96. The van der Waals surface area contributed by atoms with E-state index in [-0.39, 0.29) is 32.4 Å². The molecule has 0 bridgehead atoms. The summed E-state index contributed by atoms with van der Waals surface area (Å²) in [5, 5.41) is 11.5. The molecule has 1 aromatic heterocycles. The van der Waals surface area contributed by atoms with E-state index < -0.39 is 5.82 Å². The number of amidine groups is 1. The summed E-state index contributed by atoms with van der Waals surface area (Å²) in [4.78, 5) is 16.7. The summed E-state index contributed by atoms with van der Waals surface area (Å²) in [5.74, 6) is -1.25. The van der Waals surface area contributed by atoms with Gasteiger partial charge in [-0.25, -0.2) is 8.78 Å². The molecule has 1 amide bonds. The molecule has 0 radical (unpaired) electrons. The number of carbonyl (C=O) groups is 1. The van der Waals surface area contributed by atoms with E-state index in [2.05, 4.69) is 20.5 Å². The summed E-state index contributed by atoms with van der Waals surface area (Å²) in [6, 6.07) is 10.2. The zero-order chi connectivity index (χ0) is 19.7. The van der Waals surface area contributed by atoms with Crippen LogP contribution in [0.1, 0.15) is 5.56 Å². The van der Waals surface area contributed by atoms with Gasteiger partial charge in [0.05, 0.1) is 15.5 Å². The van der Waals surface area contributed by atoms with Crippen LogP contribution >= 0.6 is 34.7 Å². The number of hydrogen-bond donors (Lipinski definition) is 1. The maximum atomic E-state index is 14.0. The SMILES string of the molecule is O=C1NC(=Nc2nnc(-c3c(F)cccc3Cl)s2)SC1=Cc1cccc(F)c1. The summed E-state index contributed by atoms with van der Waals surface area (Å²) in [7, 11) is 0. The Bertz CT molecular complexity index is 1130. The fraction of sp³-hybridized carbons (Fsp3) is 0. The Kier molecular flexibility index (Phi) is 5.21. The molecule has 1 aliphatic rings. The molecular formula is C18H9ClF2N4OS2. The number of nitrogens with one attached hydrogen (secondary N) is 1. The molecule has 1 saturated heterocycles. The Labute approximate surface area is 171 Å². The predicted molar refractivity (Wildman–Crippen MR) is 108 cm³/mol. The van der Waals surface area contributed by atoms with Crippen molar-refractivity contribution in [1.82, 2.24) is 15.5 Å². The Morgan fingerprint density at radius 1 is 1.14 bits per heavy atom. The molecule has 0 saturated carbocycles. The first kappa shape index (κ1) is 18.7. The van der Waals surface area contributed by atoms with E-state index in [1.165, 1.54) is 24.3 Å². The van der Waals surface area contributed by atoms with Gasteiger partial charge in [0.2, 0.25) is 5.13 Å². The van der Waals surface area contributed by atoms with Gasteiger partial charge in [-0.1, -0.05) is 41.1 Å². The van der Waals surface area contributed by atoms with Crippen molar-refractivity contribution in [1.29, 1.82) is 0 Å². The van der Waals surface area contributed by atoms with E-state index >= 15 is 0 Å². The molecule has 4 rings (SSSR count). The average Bonchev–Trinajstić information content (AvgIpc) is 3.22. The summed E-state index contributed by atoms with van der Waals surface area (Å²) in [6.45, 7) is 0. The molecular weight excluding hydrogens is 426 g/mol. The number of nitrogens with zero attached hydrogens (tertiary/aromatic N) is 3. The number of halogens is 3. The second-order valence-electron chi connectivity index (χ2n) is 5.52. The molecule has 5 nitrogen and oxygen atoms in total. The van der Waals surface area contributed by atoms with E-state index in [9.17, 15) is 13.6 Å². The molecule has 2 aromatic carbocycles. The van der Waals surface area contributed by atoms with Crippen molar-refractivity contribution >= 4 is 57.0 Å². The number of aliphatic imine (C=N–C) groups is 1. The predicted octanol–water partition coefficient (Wildman–Crippen LogP) is 5.03. The Morgan fingerprint density at radius 3 is 2.75 bits per heavy atom. The van der Waals surface area contributed by atoms with Gasteiger partial charge in [-0.3, -0.25) is 4.79 Å². The Morgan fingerprint density at radius 2 is 1.96 bits per heavy atom. The molecule has 1 aliphatic heterocycles. The van der Waals surface area contributed by atoms with Crippen LogP contribution in [0.15, 0.2) is 52.4 Å². The van der Waals surface area contributed by atoms with Crippen molar-refractivity contribution in [3.63, 3.8) is 0 Å². The quantitative estimate of drug-likeness (QED) is 0.587. The summed E-state index contributed by atoms with van der Waals surface area (Å²) in [5.41, 5.74) is 0.717. The monoisotopic (exact) mass is 434 g/mol. The first-order valence-corrected chi connectivity index (χ1v) is 9.84. The van der Waals surface area contributed by atoms with E-state index in [0.717, 1.165) is 23.1 Å². The molecule has 0 unspecified atom stereocenters. The lowest BCUT2D eigenvalue weighted by Gasteiger charge is -1.99. The normalized spacial score (nSPS) is 16.8. The van der Waals surface area contributed by atoms with Crippen molar-refractivity contribution in [2.45, 2.75) is 0 Å². The van der Waals surface area contributed by atoms with Crippen LogP contribution in [0.3, 0.4) is 0 Å². The maximum absolute atomic E-state index is 14.0. The lowest BCUT2D eigenvalue weighted by Crippen LogP contribution is -2.19. The van der Waals surface area contributed by atoms with Crippen molar-refractivity contribution in [3.05, 3.63) is 69.6 Å². The van der Waals surface area contributed by atoms with Gasteiger partial charge in [0.25, 0.3) is 5.91 Å². The van der Waals surface area contributed by atoms with Gasteiger partial charge in [-0.2, -0.15) is 4.99 Å². The van der Waals surface area contributed by atoms with Gasteiger partial charge in [-0.15, -0.1) is 10.2 Å². The van der Waals surface area contributed by atoms with Crippen LogP contribution in [-0.4, -0.2) is 21.3 Å². The minimum Gasteiger partial charge on any atom is -0.300 e. The zero-order valence-corrected chi connectivity index (χ0v) is 16.2. The van der Waals surface area contributed by atoms with Crippen LogP contribution in [0.4, 0.5) is 13.9 Å². The molecule has 1 fully saturated rings. The highest BCUT2D eigenvalue weighted by molar-refractivity contribution is 8.18. The number of rotatable bonds is 3. The van der Waals surface area contributed by atoms with E-state index in [0.29, 0.717) is 15.6 Å². The molecule has 0 aliphatic carbocycles. The second kappa shape index (κ2) is 7.78. The number of hydrogen-bond acceptors (Lipinski definition) is 6. The molecule has 2 heterocycles. The van der Waals surface area contributed by atoms with Gasteiger partial charge >= 0.3 is 0 Å². The lowest BCUT2D eigenvalue weighted by atomic mass is 10.2. The highest BCUT2D eigenvalue weighted by Gasteiger charge is 2.24. The van der Waals surface area contributed by atoms with Crippen LogP contribution in [0.2, 0.25) is 5.02 Å². The van der Waals surface area contributed by atoms with Crippen molar-refractivity contribution in [3.8, 4) is 10.6 Å². The second-order valence-corrected chi connectivity index (χ2v) is 7.92. The number of aromatic nitrogens is 2. The first-order chi connectivity index (χ1) is 13.5. The summed E-state index contributed by atoms with van der Waals surface area (Å²) >= 11 is 8.17. The fourth-order valence-electron chi connectivity index (χ4n) is 2.38. The van der Waals surface area contributed by atoms with Gasteiger partial charge in [0, 0.05) is 0 Å². The number of benzene rings is 2. The van der Waals surface area contributed by atoms with Gasteiger partial charge in [-0.05, 0) is 47.7 Å². The van der Waals surface area contributed by atoms with Crippen LogP contribution < -0.4 is 5.32 Å². The topological polar surface area (TPSA) is 67.2 Å². The summed E-state index contributed by atoms with van der Waals surface area (Å²) < 4.78 is 27.3. The van der Waals surface area contributed by atoms with Crippen molar-refractivity contribution in [2.24, 2.45) is 4.99 Å². The van der Waals surface area contributed by atoms with E-state index in [4.69, 9.17) is 11.6 Å². The first-order valence-electron chi connectivity index (χ1n) is 7.82. The molecule has 10 heteroatoms. The molecule has 140 valence electrons. The molecule has 28 heavy (non-hydrogen) atoms. The molecule has 3 aromatic rings.